The lowest BCUT2D eigenvalue weighted by Crippen LogP contribution is -2.09. The zero-order valence-corrected chi connectivity index (χ0v) is 9.14. The third-order valence-corrected chi connectivity index (χ3v) is 2.26. The molecule has 2 aromatic heterocycles. The quantitative estimate of drug-likeness (QED) is 0.799. The predicted octanol–water partition coefficient (Wildman–Crippen LogP) is 1.74. The van der Waals surface area contributed by atoms with Crippen molar-refractivity contribution >= 4 is 11.6 Å². The lowest BCUT2D eigenvalue weighted by Gasteiger charge is -2.04. The molecule has 0 aromatic carbocycles. The van der Waals surface area contributed by atoms with Crippen molar-refractivity contribution in [3.63, 3.8) is 0 Å². The molecule has 0 fully saturated rings. The van der Waals surface area contributed by atoms with Crippen LogP contribution in [-0.4, -0.2) is 15.8 Å². The van der Waals surface area contributed by atoms with Gasteiger partial charge in [-0.1, -0.05) is 0 Å². The van der Waals surface area contributed by atoms with E-state index in [2.05, 4.69) is 9.97 Å². The molecule has 0 amide bonds. The minimum absolute atomic E-state index is 0.144. The van der Waals surface area contributed by atoms with Crippen LogP contribution in [0.2, 0.25) is 0 Å². The van der Waals surface area contributed by atoms with Crippen LogP contribution in [0.5, 0.6) is 0 Å². The number of halogens is 1. The SMILES string of the molecule is Cc1cnc(N)c(C(=O)c2ccc(F)cn2)c1. The fourth-order valence-corrected chi connectivity index (χ4v) is 1.41. The topological polar surface area (TPSA) is 68.9 Å². The Kier molecular flexibility index (Phi) is 2.82. The number of nitrogen functional groups attached to an aromatic ring is 1. The zero-order valence-electron chi connectivity index (χ0n) is 9.14. The van der Waals surface area contributed by atoms with Crippen molar-refractivity contribution in [3.8, 4) is 0 Å². The molecule has 0 bridgehead atoms. The molecule has 0 atom stereocenters. The fourth-order valence-electron chi connectivity index (χ4n) is 1.41. The summed E-state index contributed by atoms with van der Waals surface area (Å²) in [6.45, 7) is 1.81. The predicted molar refractivity (Wildman–Crippen MR) is 61.0 cm³/mol. The van der Waals surface area contributed by atoms with Gasteiger partial charge in [-0.3, -0.25) is 4.79 Å². The monoisotopic (exact) mass is 231 g/mol. The molecule has 0 saturated carbocycles. The maximum atomic E-state index is 12.7. The first-order valence-electron chi connectivity index (χ1n) is 4.96. The van der Waals surface area contributed by atoms with Crippen LogP contribution in [0.1, 0.15) is 21.6 Å². The van der Waals surface area contributed by atoms with Crippen molar-refractivity contribution in [2.45, 2.75) is 6.92 Å². The van der Waals surface area contributed by atoms with Crippen molar-refractivity contribution in [3.05, 3.63) is 53.2 Å². The standard InChI is InChI=1S/C12H10FN3O/c1-7-4-9(12(14)16-5-7)11(17)10-3-2-8(13)6-15-10/h2-6H,1H3,(H2,14,16). The first-order valence-corrected chi connectivity index (χ1v) is 4.96. The molecule has 17 heavy (non-hydrogen) atoms. The van der Waals surface area contributed by atoms with Crippen LogP contribution in [0.15, 0.2) is 30.6 Å². The van der Waals surface area contributed by atoms with Crippen molar-refractivity contribution < 1.29 is 9.18 Å². The summed E-state index contributed by atoms with van der Waals surface area (Å²) in [6, 6.07) is 4.13. The van der Waals surface area contributed by atoms with E-state index in [1.807, 2.05) is 0 Å². The molecule has 2 rings (SSSR count). The van der Waals surface area contributed by atoms with Gasteiger partial charge in [0.25, 0.3) is 0 Å². The highest BCUT2D eigenvalue weighted by atomic mass is 19.1. The fraction of sp³-hybridized carbons (Fsp3) is 0.0833. The molecule has 0 saturated heterocycles. The number of hydrogen-bond acceptors (Lipinski definition) is 4. The molecular formula is C12H10FN3O. The van der Waals surface area contributed by atoms with Crippen LogP contribution in [0, 0.1) is 12.7 Å². The molecule has 5 heteroatoms. The van der Waals surface area contributed by atoms with Gasteiger partial charge in [0.15, 0.2) is 0 Å². The number of aryl methyl sites for hydroxylation is 1. The van der Waals surface area contributed by atoms with E-state index in [9.17, 15) is 9.18 Å². The first-order chi connectivity index (χ1) is 8.08. The summed E-state index contributed by atoms with van der Waals surface area (Å²) in [5.41, 5.74) is 6.87. The van der Waals surface area contributed by atoms with E-state index >= 15 is 0 Å². The molecule has 0 spiro atoms. The lowest BCUT2D eigenvalue weighted by atomic mass is 10.1. The summed E-state index contributed by atoms with van der Waals surface area (Å²) in [4.78, 5) is 19.6. The zero-order chi connectivity index (χ0) is 12.4. The van der Waals surface area contributed by atoms with Crippen LogP contribution >= 0.6 is 0 Å². The smallest absolute Gasteiger partial charge is 0.215 e. The molecule has 2 N–H and O–H groups in total. The van der Waals surface area contributed by atoms with Gasteiger partial charge in [0.05, 0.1) is 11.8 Å². The molecule has 0 aliphatic heterocycles. The molecule has 0 unspecified atom stereocenters. The number of carbonyl (C=O) groups excluding carboxylic acids is 1. The largest absolute Gasteiger partial charge is 0.383 e. The van der Waals surface area contributed by atoms with Gasteiger partial charge in [-0.05, 0) is 30.7 Å². The van der Waals surface area contributed by atoms with Gasteiger partial charge in [0.1, 0.15) is 17.3 Å². The molecule has 0 radical (unpaired) electrons. The van der Waals surface area contributed by atoms with Gasteiger partial charge in [0, 0.05) is 6.20 Å². The third-order valence-electron chi connectivity index (χ3n) is 2.26. The van der Waals surface area contributed by atoms with Gasteiger partial charge >= 0.3 is 0 Å². The Bertz CT molecular complexity index is 566. The maximum absolute atomic E-state index is 12.7. The summed E-state index contributed by atoms with van der Waals surface area (Å²) in [5, 5.41) is 0. The number of carbonyl (C=O) groups is 1. The Balaban J connectivity index is 2.43. The molecule has 2 aromatic rings. The normalized spacial score (nSPS) is 10.2. The second kappa shape index (κ2) is 4.29. The number of nitrogens with zero attached hydrogens (tertiary/aromatic N) is 2. The average Bonchev–Trinajstić information content (AvgIpc) is 2.32. The van der Waals surface area contributed by atoms with E-state index in [0.717, 1.165) is 11.8 Å². The highest BCUT2D eigenvalue weighted by molar-refractivity contribution is 6.10. The number of anilines is 1. The third kappa shape index (κ3) is 2.28. The summed E-state index contributed by atoms with van der Waals surface area (Å²) >= 11 is 0. The highest BCUT2D eigenvalue weighted by Crippen LogP contribution is 2.14. The van der Waals surface area contributed by atoms with Crippen LogP contribution in [0.25, 0.3) is 0 Å². The average molecular weight is 231 g/mol. The van der Waals surface area contributed by atoms with Gasteiger partial charge in [0.2, 0.25) is 5.78 Å². The molecular weight excluding hydrogens is 221 g/mol. The molecule has 0 aliphatic rings. The number of hydrogen-bond donors (Lipinski definition) is 1. The summed E-state index contributed by atoms with van der Waals surface area (Å²) < 4.78 is 12.7. The van der Waals surface area contributed by atoms with Gasteiger partial charge in [-0.25, -0.2) is 14.4 Å². The summed E-state index contributed by atoms with van der Waals surface area (Å²) in [6.07, 6.45) is 2.57. The minimum atomic E-state index is -0.489. The minimum Gasteiger partial charge on any atom is -0.383 e. The number of rotatable bonds is 2. The Morgan fingerprint density at radius 3 is 2.71 bits per heavy atom. The van der Waals surface area contributed by atoms with Crippen LogP contribution in [-0.2, 0) is 0 Å². The molecule has 86 valence electrons. The van der Waals surface area contributed by atoms with Crippen LogP contribution < -0.4 is 5.73 Å². The van der Waals surface area contributed by atoms with E-state index in [1.54, 1.807) is 19.2 Å². The van der Waals surface area contributed by atoms with Gasteiger partial charge < -0.3 is 5.73 Å². The Morgan fingerprint density at radius 2 is 2.06 bits per heavy atom. The summed E-state index contributed by atoms with van der Waals surface area (Å²) in [7, 11) is 0. The van der Waals surface area contributed by atoms with E-state index in [0.29, 0.717) is 0 Å². The second-order valence-corrected chi connectivity index (χ2v) is 3.64. The van der Waals surface area contributed by atoms with E-state index in [-0.39, 0.29) is 22.9 Å². The number of ketones is 1. The number of aromatic nitrogens is 2. The van der Waals surface area contributed by atoms with Gasteiger partial charge in [-0.15, -0.1) is 0 Å². The lowest BCUT2D eigenvalue weighted by molar-refractivity contribution is 0.103. The Labute approximate surface area is 97.3 Å². The molecule has 2 heterocycles. The molecule has 0 aliphatic carbocycles. The van der Waals surface area contributed by atoms with Gasteiger partial charge in [-0.2, -0.15) is 0 Å². The van der Waals surface area contributed by atoms with Crippen LogP contribution in [0.3, 0.4) is 0 Å². The maximum Gasteiger partial charge on any atom is 0.215 e. The van der Waals surface area contributed by atoms with Crippen molar-refractivity contribution in [1.82, 2.24) is 9.97 Å². The molecule has 4 nitrogen and oxygen atoms in total. The van der Waals surface area contributed by atoms with E-state index in [1.165, 1.54) is 12.1 Å². The van der Waals surface area contributed by atoms with Crippen LogP contribution in [0.4, 0.5) is 10.2 Å². The first kappa shape index (κ1) is 11.2. The summed E-state index contributed by atoms with van der Waals surface area (Å²) in [5.74, 6) is -0.706. The Morgan fingerprint density at radius 1 is 1.29 bits per heavy atom. The highest BCUT2D eigenvalue weighted by Gasteiger charge is 2.14. The Hall–Kier alpha value is -2.30. The van der Waals surface area contributed by atoms with E-state index < -0.39 is 5.82 Å². The number of pyridine rings is 2. The van der Waals surface area contributed by atoms with Crippen molar-refractivity contribution in [2.24, 2.45) is 0 Å². The van der Waals surface area contributed by atoms with Crippen molar-refractivity contribution in [2.75, 3.05) is 5.73 Å². The number of nitrogens with two attached hydrogens (primary N) is 1. The van der Waals surface area contributed by atoms with Crippen molar-refractivity contribution in [1.29, 1.82) is 0 Å². The second-order valence-electron chi connectivity index (χ2n) is 3.64. The van der Waals surface area contributed by atoms with E-state index in [4.69, 9.17) is 5.73 Å².